The van der Waals surface area contributed by atoms with Gasteiger partial charge >= 0.3 is 0 Å². The Morgan fingerprint density at radius 2 is 1.95 bits per heavy atom. The summed E-state index contributed by atoms with van der Waals surface area (Å²) >= 11 is 0. The minimum Gasteiger partial charge on any atom is -0.487 e. The first-order valence-electron chi connectivity index (χ1n) is 6.54. The van der Waals surface area contributed by atoms with Crippen LogP contribution in [0.1, 0.15) is 38.1 Å². The Hall–Kier alpha value is -2.10. The SMILES string of the molecule is C=C(C)COc1ccc(C(C)=O)cc1NC(=O)C(C)C. The number of amides is 1. The summed E-state index contributed by atoms with van der Waals surface area (Å²) in [5.41, 5.74) is 1.92. The molecule has 0 atom stereocenters. The van der Waals surface area contributed by atoms with Crippen molar-refractivity contribution < 1.29 is 14.3 Å². The third kappa shape index (κ3) is 4.53. The van der Waals surface area contributed by atoms with Gasteiger partial charge in [-0.05, 0) is 37.6 Å². The van der Waals surface area contributed by atoms with Crippen LogP contribution in [0.3, 0.4) is 0 Å². The number of hydrogen-bond donors (Lipinski definition) is 1. The summed E-state index contributed by atoms with van der Waals surface area (Å²) in [6, 6.07) is 5.01. The van der Waals surface area contributed by atoms with Gasteiger partial charge in [-0.15, -0.1) is 0 Å². The monoisotopic (exact) mass is 275 g/mol. The lowest BCUT2D eigenvalue weighted by molar-refractivity contribution is -0.118. The molecule has 0 fully saturated rings. The van der Waals surface area contributed by atoms with E-state index in [0.29, 0.717) is 23.6 Å². The van der Waals surface area contributed by atoms with Crippen molar-refractivity contribution in [1.82, 2.24) is 0 Å². The van der Waals surface area contributed by atoms with E-state index in [4.69, 9.17) is 4.74 Å². The second-order valence-corrected chi connectivity index (χ2v) is 5.16. The molecule has 0 radical (unpaired) electrons. The number of hydrogen-bond acceptors (Lipinski definition) is 3. The molecule has 0 aliphatic carbocycles. The van der Waals surface area contributed by atoms with Gasteiger partial charge in [0.25, 0.3) is 0 Å². The number of carbonyl (C=O) groups is 2. The lowest BCUT2D eigenvalue weighted by Gasteiger charge is -2.14. The Balaban J connectivity index is 3.05. The molecular weight excluding hydrogens is 254 g/mol. The molecule has 0 aliphatic rings. The maximum atomic E-state index is 11.8. The first kappa shape index (κ1) is 16.0. The Bertz CT molecular complexity index is 533. The average Bonchev–Trinajstić information content (AvgIpc) is 2.36. The highest BCUT2D eigenvalue weighted by molar-refractivity contribution is 5.98. The molecule has 0 saturated carbocycles. The largest absolute Gasteiger partial charge is 0.487 e. The number of carbonyl (C=O) groups excluding carboxylic acids is 2. The van der Waals surface area contributed by atoms with Crippen molar-refractivity contribution in [3.05, 3.63) is 35.9 Å². The van der Waals surface area contributed by atoms with Crippen molar-refractivity contribution in [1.29, 1.82) is 0 Å². The van der Waals surface area contributed by atoms with Crippen LogP contribution < -0.4 is 10.1 Å². The Morgan fingerprint density at radius 3 is 2.45 bits per heavy atom. The van der Waals surface area contributed by atoms with E-state index >= 15 is 0 Å². The number of ketones is 1. The van der Waals surface area contributed by atoms with Gasteiger partial charge in [0, 0.05) is 11.5 Å². The normalized spacial score (nSPS) is 10.2. The Kier molecular flexibility index (Phi) is 5.50. The number of Topliss-reactive ketones (excluding diaryl/α,β-unsaturated/α-hetero) is 1. The molecule has 4 nitrogen and oxygen atoms in total. The summed E-state index contributed by atoms with van der Waals surface area (Å²) in [4.78, 5) is 23.2. The van der Waals surface area contributed by atoms with Crippen LogP contribution in [-0.2, 0) is 4.79 Å². The van der Waals surface area contributed by atoms with E-state index < -0.39 is 0 Å². The van der Waals surface area contributed by atoms with E-state index in [1.165, 1.54) is 6.92 Å². The molecule has 1 rings (SSSR count). The van der Waals surface area contributed by atoms with Crippen LogP contribution in [0.5, 0.6) is 5.75 Å². The quantitative estimate of drug-likeness (QED) is 0.639. The number of rotatable bonds is 6. The molecule has 0 heterocycles. The molecule has 20 heavy (non-hydrogen) atoms. The lowest BCUT2D eigenvalue weighted by Crippen LogP contribution is -2.18. The minimum absolute atomic E-state index is 0.0588. The summed E-state index contributed by atoms with van der Waals surface area (Å²) in [6.45, 7) is 11.1. The maximum absolute atomic E-state index is 11.8. The van der Waals surface area contributed by atoms with Crippen molar-refractivity contribution in [2.45, 2.75) is 27.7 Å². The maximum Gasteiger partial charge on any atom is 0.227 e. The highest BCUT2D eigenvalue weighted by atomic mass is 16.5. The molecule has 0 aliphatic heterocycles. The zero-order valence-corrected chi connectivity index (χ0v) is 12.4. The second kappa shape index (κ2) is 6.89. The summed E-state index contributed by atoms with van der Waals surface area (Å²) in [5.74, 6) is 0.208. The number of benzene rings is 1. The van der Waals surface area contributed by atoms with Gasteiger partial charge in [0.1, 0.15) is 12.4 Å². The van der Waals surface area contributed by atoms with Crippen molar-refractivity contribution in [3.8, 4) is 5.75 Å². The van der Waals surface area contributed by atoms with Gasteiger partial charge in [0.2, 0.25) is 5.91 Å². The van der Waals surface area contributed by atoms with Gasteiger partial charge in [-0.2, -0.15) is 0 Å². The predicted octanol–water partition coefficient (Wildman–Crippen LogP) is 3.44. The molecule has 0 bridgehead atoms. The standard InChI is InChI=1S/C16H21NO3/c1-10(2)9-20-15-7-6-13(12(5)18)8-14(15)17-16(19)11(3)4/h6-8,11H,1,9H2,2-5H3,(H,17,19). The minimum atomic E-state index is -0.148. The Morgan fingerprint density at radius 1 is 1.30 bits per heavy atom. The molecule has 0 unspecified atom stereocenters. The summed E-state index contributed by atoms with van der Waals surface area (Å²) in [7, 11) is 0. The van der Waals surface area contributed by atoms with Crippen LogP contribution in [0.25, 0.3) is 0 Å². The van der Waals surface area contributed by atoms with Crippen molar-refractivity contribution in [3.63, 3.8) is 0 Å². The molecule has 1 aromatic carbocycles. The fraction of sp³-hybridized carbons (Fsp3) is 0.375. The predicted molar refractivity (Wildman–Crippen MR) is 80.2 cm³/mol. The van der Waals surface area contributed by atoms with Crippen molar-refractivity contribution in [2.75, 3.05) is 11.9 Å². The fourth-order valence-corrected chi connectivity index (χ4v) is 1.45. The zero-order valence-electron chi connectivity index (χ0n) is 12.4. The van der Waals surface area contributed by atoms with Crippen LogP contribution in [-0.4, -0.2) is 18.3 Å². The van der Waals surface area contributed by atoms with Gasteiger partial charge in [0.15, 0.2) is 5.78 Å². The van der Waals surface area contributed by atoms with Gasteiger partial charge < -0.3 is 10.1 Å². The molecule has 1 amide bonds. The van der Waals surface area contributed by atoms with Crippen LogP contribution in [0.15, 0.2) is 30.4 Å². The van der Waals surface area contributed by atoms with Crippen LogP contribution in [0, 0.1) is 5.92 Å². The van der Waals surface area contributed by atoms with Crippen molar-refractivity contribution >= 4 is 17.4 Å². The van der Waals surface area contributed by atoms with E-state index in [0.717, 1.165) is 5.57 Å². The van der Waals surface area contributed by atoms with Crippen LogP contribution in [0.2, 0.25) is 0 Å². The summed E-state index contributed by atoms with van der Waals surface area (Å²) in [5, 5.41) is 2.78. The molecule has 108 valence electrons. The second-order valence-electron chi connectivity index (χ2n) is 5.16. The number of nitrogens with one attached hydrogen (secondary N) is 1. The Labute approximate surface area is 119 Å². The summed E-state index contributed by atoms with van der Waals surface area (Å²) < 4.78 is 5.59. The molecule has 0 saturated heterocycles. The van der Waals surface area contributed by atoms with E-state index in [-0.39, 0.29) is 17.6 Å². The zero-order chi connectivity index (χ0) is 15.3. The third-order valence-electron chi connectivity index (χ3n) is 2.64. The molecule has 1 aromatic rings. The first-order valence-corrected chi connectivity index (χ1v) is 6.54. The van der Waals surface area contributed by atoms with E-state index in [9.17, 15) is 9.59 Å². The average molecular weight is 275 g/mol. The van der Waals surface area contributed by atoms with Crippen LogP contribution in [0.4, 0.5) is 5.69 Å². The lowest BCUT2D eigenvalue weighted by atomic mass is 10.1. The molecular formula is C16H21NO3. The number of ether oxygens (including phenoxy) is 1. The smallest absolute Gasteiger partial charge is 0.227 e. The third-order valence-corrected chi connectivity index (χ3v) is 2.64. The molecule has 1 N–H and O–H groups in total. The molecule has 4 heteroatoms. The van der Waals surface area contributed by atoms with Crippen LogP contribution >= 0.6 is 0 Å². The van der Waals surface area contributed by atoms with Gasteiger partial charge in [0.05, 0.1) is 5.69 Å². The topological polar surface area (TPSA) is 55.4 Å². The van der Waals surface area contributed by atoms with E-state index in [1.807, 2.05) is 6.92 Å². The highest BCUT2D eigenvalue weighted by Crippen LogP contribution is 2.27. The summed E-state index contributed by atoms with van der Waals surface area (Å²) in [6.07, 6.45) is 0. The van der Waals surface area contributed by atoms with Crippen molar-refractivity contribution in [2.24, 2.45) is 5.92 Å². The molecule has 0 spiro atoms. The van der Waals surface area contributed by atoms with Gasteiger partial charge in [-0.25, -0.2) is 0 Å². The van der Waals surface area contributed by atoms with Gasteiger partial charge in [-0.3, -0.25) is 9.59 Å². The fourth-order valence-electron chi connectivity index (χ4n) is 1.45. The van der Waals surface area contributed by atoms with E-state index in [2.05, 4.69) is 11.9 Å². The highest BCUT2D eigenvalue weighted by Gasteiger charge is 2.13. The van der Waals surface area contributed by atoms with Gasteiger partial charge in [-0.1, -0.05) is 20.4 Å². The number of anilines is 1. The van der Waals surface area contributed by atoms with E-state index in [1.54, 1.807) is 32.0 Å². The molecule has 0 aromatic heterocycles. The first-order chi connectivity index (χ1) is 9.31.